The summed E-state index contributed by atoms with van der Waals surface area (Å²) in [5, 5.41) is 12.6. The van der Waals surface area contributed by atoms with Crippen LogP contribution in [0.1, 0.15) is 36.0 Å². The van der Waals surface area contributed by atoms with E-state index in [9.17, 15) is 4.79 Å². The molecule has 88 valence electrons. The van der Waals surface area contributed by atoms with Crippen molar-refractivity contribution in [2.75, 3.05) is 0 Å². The molecule has 0 aliphatic rings. The lowest BCUT2D eigenvalue weighted by atomic mass is 10.1. The summed E-state index contributed by atoms with van der Waals surface area (Å²) in [5.41, 5.74) is 0.979. The number of nitrogens with zero attached hydrogens (tertiary/aromatic N) is 2. The minimum Gasteiger partial charge on any atom is -0.478 e. The summed E-state index contributed by atoms with van der Waals surface area (Å²) >= 11 is 0. The molecule has 0 saturated carbocycles. The van der Waals surface area contributed by atoms with Gasteiger partial charge in [0.25, 0.3) is 0 Å². The molecule has 0 bridgehead atoms. The fourth-order valence-electron chi connectivity index (χ4n) is 1.35. The minimum atomic E-state index is -0.951. The molecule has 0 aliphatic heterocycles. The fourth-order valence-corrected chi connectivity index (χ4v) is 1.35. The summed E-state index contributed by atoms with van der Waals surface area (Å²) in [4.78, 5) is 14.9. The first-order valence-corrected chi connectivity index (χ1v) is 5.25. The van der Waals surface area contributed by atoms with E-state index in [4.69, 9.17) is 9.63 Å². The van der Waals surface area contributed by atoms with Crippen LogP contribution in [-0.2, 0) is 0 Å². The van der Waals surface area contributed by atoms with Gasteiger partial charge >= 0.3 is 5.97 Å². The molecule has 0 spiro atoms. The molecule has 0 amide bonds. The minimum absolute atomic E-state index is 0.176. The van der Waals surface area contributed by atoms with Crippen LogP contribution in [-0.4, -0.2) is 21.2 Å². The van der Waals surface area contributed by atoms with Gasteiger partial charge in [-0.2, -0.15) is 4.98 Å². The SMILES string of the molecule is CC(C)c1nc(-c2ccc(C(=O)O)cc2)no1. The summed E-state index contributed by atoms with van der Waals surface area (Å²) in [6.07, 6.45) is 0. The van der Waals surface area contributed by atoms with Crippen LogP contribution >= 0.6 is 0 Å². The van der Waals surface area contributed by atoms with Gasteiger partial charge in [0.1, 0.15) is 0 Å². The van der Waals surface area contributed by atoms with Crippen molar-refractivity contribution in [3.05, 3.63) is 35.7 Å². The number of rotatable bonds is 3. The molecule has 17 heavy (non-hydrogen) atoms. The highest BCUT2D eigenvalue weighted by atomic mass is 16.5. The van der Waals surface area contributed by atoms with Gasteiger partial charge in [0, 0.05) is 11.5 Å². The Kier molecular flexibility index (Phi) is 2.91. The van der Waals surface area contributed by atoms with Crippen LogP contribution in [0.5, 0.6) is 0 Å². The molecule has 0 atom stereocenters. The van der Waals surface area contributed by atoms with E-state index in [1.807, 2.05) is 13.8 Å². The van der Waals surface area contributed by atoms with E-state index in [0.717, 1.165) is 5.56 Å². The van der Waals surface area contributed by atoms with Gasteiger partial charge in [-0.05, 0) is 12.1 Å². The highest BCUT2D eigenvalue weighted by molar-refractivity contribution is 5.88. The number of hydrogen-bond donors (Lipinski definition) is 1. The molecule has 1 heterocycles. The van der Waals surface area contributed by atoms with E-state index >= 15 is 0 Å². The standard InChI is InChI=1S/C12H12N2O3/c1-7(2)11-13-10(14-17-11)8-3-5-9(6-4-8)12(15)16/h3-7H,1-2H3,(H,15,16). The second kappa shape index (κ2) is 4.37. The highest BCUT2D eigenvalue weighted by Crippen LogP contribution is 2.19. The van der Waals surface area contributed by atoms with Crippen molar-refractivity contribution in [3.8, 4) is 11.4 Å². The Bertz CT molecular complexity index is 529. The van der Waals surface area contributed by atoms with Gasteiger partial charge in [-0.15, -0.1) is 0 Å². The van der Waals surface area contributed by atoms with E-state index in [1.54, 1.807) is 12.1 Å². The van der Waals surface area contributed by atoms with Gasteiger partial charge in [-0.3, -0.25) is 0 Å². The summed E-state index contributed by atoms with van der Waals surface area (Å²) in [7, 11) is 0. The zero-order chi connectivity index (χ0) is 12.4. The van der Waals surface area contributed by atoms with E-state index < -0.39 is 5.97 Å². The average molecular weight is 232 g/mol. The number of aromatic carboxylic acids is 1. The first-order valence-electron chi connectivity index (χ1n) is 5.25. The van der Waals surface area contributed by atoms with Crippen LogP contribution in [0.15, 0.2) is 28.8 Å². The molecular weight excluding hydrogens is 220 g/mol. The normalized spacial score (nSPS) is 10.8. The van der Waals surface area contributed by atoms with Crippen LogP contribution in [0.4, 0.5) is 0 Å². The van der Waals surface area contributed by atoms with Crippen LogP contribution in [0, 0.1) is 0 Å². The molecule has 1 aromatic heterocycles. The van der Waals surface area contributed by atoms with Gasteiger partial charge in [-0.1, -0.05) is 31.1 Å². The molecule has 2 rings (SSSR count). The van der Waals surface area contributed by atoms with Gasteiger partial charge in [0.2, 0.25) is 11.7 Å². The highest BCUT2D eigenvalue weighted by Gasteiger charge is 2.11. The Labute approximate surface area is 98.1 Å². The van der Waals surface area contributed by atoms with Crippen molar-refractivity contribution in [3.63, 3.8) is 0 Å². The largest absolute Gasteiger partial charge is 0.478 e. The molecule has 5 heteroatoms. The third kappa shape index (κ3) is 2.33. The van der Waals surface area contributed by atoms with E-state index in [2.05, 4.69) is 10.1 Å². The van der Waals surface area contributed by atoms with Gasteiger partial charge in [0.15, 0.2) is 0 Å². The first-order chi connectivity index (χ1) is 8.08. The number of carboxylic acid groups (broad SMARTS) is 1. The quantitative estimate of drug-likeness (QED) is 0.880. The fraction of sp³-hybridized carbons (Fsp3) is 0.250. The summed E-state index contributed by atoms with van der Waals surface area (Å²) in [6.45, 7) is 3.93. The van der Waals surface area contributed by atoms with Crippen molar-refractivity contribution >= 4 is 5.97 Å². The summed E-state index contributed by atoms with van der Waals surface area (Å²) in [6, 6.07) is 6.36. The third-order valence-electron chi connectivity index (χ3n) is 2.33. The Morgan fingerprint density at radius 1 is 1.29 bits per heavy atom. The Morgan fingerprint density at radius 3 is 2.41 bits per heavy atom. The summed E-state index contributed by atoms with van der Waals surface area (Å²) < 4.78 is 5.08. The van der Waals surface area contributed by atoms with Crippen molar-refractivity contribution in [2.45, 2.75) is 19.8 Å². The molecule has 5 nitrogen and oxygen atoms in total. The molecule has 0 radical (unpaired) electrons. The lowest BCUT2D eigenvalue weighted by molar-refractivity contribution is 0.0697. The zero-order valence-corrected chi connectivity index (χ0v) is 9.54. The molecule has 0 saturated heterocycles. The van der Waals surface area contributed by atoms with Crippen molar-refractivity contribution in [2.24, 2.45) is 0 Å². The van der Waals surface area contributed by atoms with E-state index in [1.165, 1.54) is 12.1 Å². The zero-order valence-electron chi connectivity index (χ0n) is 9.54. The first kappa shape index (κ1) is 11.3. The smallest absolute Gasteiger partial charge is 0.335 e. The number of benzene rings is 1. The molecule has 0 fully saturated rings. The second-order valence-electron chi connectivity index (χ2n) is 3.99. The second-order valence-corrected chi connectivity index (χ2v) is 3.99. The number of aromatic nitrogens is 2. The molecular formula is C12H12N2O3. The predicted octanol–water partition coefficient (Wildman–Crippen LogP) is 2.56. The molecule has 0 unspecified atom stereocenters. The van der Waals surface area contributed by atoms with Crippen LogP contribution in [0.25, 0.3) is 11.4 Å². The monoisotopic (exact) mass is 232 g/mol. The number of carbonyl (C=O) groups is 1. The average Bonchev–Trinajstić information content (AvgIpc) is 2.78. The summed E-state index contributed by atoms with van der Waals surface area (Å²) in [5.74, 6) is 0.273. The number of hydrogen-bond acceptors (Lipinski definition) is 4. The van der Waals surface area contributed by atoms with Crippen molar-refractivity contribution in [1.82, 2.24) is 10.1 Å². The Hall–Kier alpha value is -2.17. The van der Waals surface area contributed by atoms with Crippen LogP contribution < -0.4 is 0 Å². The maximum atomic E-state index is 10.7. The predicted molar refractivity (Wildman–Crippen MR) is 60.8 cm³/mol. The van der Waals surface area contributed by atoms with Gasteiger partial charge in [-0.25, -0.2) is 4.79 Å². The number of carboxylic acids is 1. The topological polar surface area (TPSA) is 76.2 Å². The molecule has 2 aromatic rings. The molecule has 0 aliphatic carbocycles. The van der Waals surface area contributed by atoms with E-state index in [0.29, 0.717) is 11.7 Å². The van der Waals surface area contributed by atoms with E-state index in [-0.39, 0.29) is 11.5 Å². The maximum Gasteiger partial charge on any atom is 0.335 e. The van der Waals surface area contributed by atoms with Gasteiger partial charge < -0.3 is 9.63 Å². The lowest BCUT2D eigenvalue weighted by Gasteiger charge is -1.96. The molecule has 1 N–H and O–H groups in total. The van der Waals surface area contributed by atoms with Gasteiger partial charge in [0.05, 0.1) is 5.56 Å². The van der Waals surface area contributed by atoms with Crippen LogP contribution in [0.3, 0.4) is 0 Å². The third-order valence-corrected chi connectivity index (χ3v) is 2.33. The van der Waals surface area contributed by atoms with Crippen LogP contribution in [0.2, 0.25) is 0 Å². The Balaban J connectivity index is 2.30. The van der Waals surface area contributed by atoms with Crippen molar-refractivity contribution in [1.29, 1.82) is 0 Å². The van der Waals surface area contributed by atoms with Crippen molar-refractivity contribution < 1.29 is 14.4 Å². The lowest BCUT2D eigenvalue weighted by Crippen LogP contribution is -1.95. The Morgan fingerprint density at radius 2 is 1.94 bits per heavy atom. The molecule has 1 aromatic carbocycles. The maximum absolute atomic E-state index is 10.7.